The van der Waals surface area contributed by atoms with Gasteiger partial charge < -0.3 is 23.7 Å². The Kier molecular flexibility index (Phi) is 17.6. The Morgan fingerprint density at radius 3 is 1.91 bits per heavy atom. The van der Waals surface area contributed by atoms with Crippen LogP contribution in [0.1, 0.15) is 87.5 Å². The second-order valence-corrected chi connectivity index (χ2v) is 13.7. The van der Waals surface area contributed by atoms with Gasteiger partial charge in [0.15, 0.2) is 0 Å². The second kappa shape index (κ2) is 19.7. The zero-order chi connectivity index (χ0) is 34.1. The molecule has 0 aromatic rings. The highest BCUT2D eigenvalue weighted by Crippen LogP contribution is 2.30. The third kappa shape index (κ3) is 16.4. The number of ether oxygens (including phenoxy) is 5. The first-order chi connectivity index (χ1) is 21.1. The highest BCUT2D eigenvalue weighted by molar-refractivity contribution is 5.73. The van der Waals surface area contributed by atoms with Gasteiger partial charge in [-0.3, -0.25) is 38.7 Å². The van der Waals surface area contributed by atoms with Crippen LogP contribution in [-0.2, 0) is 47.7 Å². The number of unbranched alkanes of at least 4 members (excludes halogenated alkanes) is 1. The van der Waals surface area contributed by atoms with Gasteiger partial charge >= 0.3 is 11.9 Å². The molecule has 3 unspecified atom stereocenters. The van der Waals surface area contributed by atoms with Crippen LogP contribution < -0.4 is 0 Å². The van der Waals surface area contributed by atoms with Gasteiger partial charge in [0.2, 0.25) is 0 Å². The van der Waals surface area contributed by atoms with E-state index in [4.69, 9.17) is 23.7 Å². The largest absolute Gasteiger partial charge is 0.468 e. The van der Waals surface area contributed by atoms with Gasteiger partial charge in [-0.05, 0) is 73.6 Å². The monoisotopic (exact) mass is 643 g/mol. The fraction of sp³-hybridized carbons (Fsp3) is 0.844. The molecule has 1 rings (SSSR count). The summed E-state index contributed by atoms with van der Waals surface area (Å²) in [6.45, 7) is 18.8. The molecule has 1 saturated heterocycles. The summed E-state index contributed by atoms with van der Waals surface area (Å²) in [6.07, 6.45) is 2.06. The molecular weight excluding hydrogens is 586 g/mol. The maximum Gasteiger partial charge on any atom is 0.320 e. The maximum absolute atomic E-state index is 13.4. The third-order valence-corrected chi connectivity index (χ3v) is 7.47. The topological polar surface area (TPSA) is 141 Å². The van der Waals surface area contributed by atoms with Crippen LogP contribution in [-0.4, -0.2) is 134 Å². The molecule has 45 heavy (non-hydrogen) atoms. The van der Waals surface area contributed by atoms with Gasteiger partial charge in [-0.15, -0.1) is 0 Å². The highest BCUT2D eigenvalue weighted by atomic mass is 16.6. The van der Waals surface area contributed by atoms with Crippen LogP contribution >= 0.6 is 0 Å². The van der Waals surface area contributed by atoms with E-state index >= 15 is 0 Å². The van der Waals surface area contributed by atoms with Crippen LogP contribution in [0.3, 0.4) is 0 Å². The normalized spacial score (nSPS) is 19.6. The van der Waals surface area contributed by atoms with Gasteiger partial charge in [0.25, 0.3) is 19.4 Å². The molecule has 0 N–H and O–H groups in total. The van der Waals surface area contributed by atoms with Crippen molar-refractivity contribution in [3.05, 3.63) is 0 Å². The van der Waals surface area contributed by atoms with Gasteiger partial charge in [-0.1, -0.05) is 13.8 Å². The SMILES string of the molecule is CCC(CN1CCN(CC(=O)OC(C)(C)C)CC(CCCCOC=O)(N(CC(=O)OC(C)(C)C)CC(CC)OC=O)C1)OC=O. The van der Waals surface area contributed by atoms with Gasteiger partial charge in [0, 0.05) is 44.8 Å². The number of esters is 2. The fourth-order valence-electron chi connectivity index (χ4n) is 5.56. The summed E-state index contributed by atoms with van der Waals surface area (Å²) >= 11 is 0. The van der Waals surface area contributed by atoms with E-state index in [-0.39, 0.29) is 38.3 Å². The first kappa shape index (κ1) is 40.3. The minimum Gasteiger partial charge on any atom is -0.468 e. The molecule has 0 bridgehead atoms. The summed E-state index contributed by atoms with van der Waals surface area (Å²) in [4.78, 5) is 66.1. The summed E-state index contributed by atoms with van der Waals surface area (Å²) < 4.78 is 27.1. The van der Waals surface area contributed by atoms with Crippen molar-refractivity contribution in [3.63, 3.8) is 0 Å². The van der Waals surface area contributed by atoms with Gasteiger partial charge in [-0.2, -0.15) is 0 Å². The molecule has 0 aliphatic carbocycles. The summed E-state index contributed by atoms with van der Waals surface area (Å²) in [5, 5.41) is 0. The lowest BCUT2D eigenvalue weighted by molar-refractivity contribution is -0.161. The van der Waals surface area contributed by atoms with E-state index in [9.17, 15) is 24.0 Å². The third-order valence-electron chi connectivity index (χ3n) is 7.47. The molecule has 1 fully saturated rings. The van der Waals surface area contributed by atoms with Gasteiger partial charge in [0.05, 0.1) is 19.7 Å². The Morgan fingerprint density at radius 1 is 0.800 bits per heavy atom. The van der Waals surface area contributed by atoms with Crippen LogP contribution in [0.25, 0.3) is 0 Å². The van der Waals surface area contributed by atoms with Crippen molar-refractivity contribution < 1.29 is 47.7 Å². The molecular formula is C32H57N3O10. The Bertz CT molecular complexity index is 920. The molecule has 260 valence electrons. The van der Waals surface area contributed by atoms with Gasteiger partial charge in [-0.25, -0.2) is 0 Å². The average molecular weight is 644 g/mol. The lowest BCUT2D eigenvalue weighted by Crippen LogP contribution is -2.63. The molecule has 0 aromatic carbocycles. The Hall–Kier alpha value is -2.77. The second-order valence-electron chi connectivity index (χ2n) is 13.7. The molecule has 1 aliphatic rings. The standard InChI is InChI=1S/C32H57N3O10/c1-9-26(42-24-37)17-33-14-15-34(19-28(39)44-30(3,4)5)22-32(21-33,13-11-12-16-41-23-36)35(18-27(10-2)43-25-38)20-29(40)45-31(6,7)8/h23-27H,9-22H2,1-8H3. The first-order valence-corrected chi connectivity index (χ1v) is 16.0. The molecule has 13 nitrogen and oxygen atoms in total. The van der Waals surface area contributed by atoms with Gasteiger partial charge in [0.1, 0.15) is 23.4 Å². The highest BCUT2D eigenvalue weighted by Gasteiger charge is 2.44. The Balaban J connectivity index is 3.69. The number of hydrogen-bond acceptors (Lipinski definition) is 13. The zero-order valence-corrected chi connectivity index (χ0v) is 28.7. The van der Waals surface area contributed by atoms with Crippen molar-refractivity contribution in [2.24, 2.45) is 0 Å². The van der Waals surface area contributed by atoms with E-state index in [1.54, 1.807) is 20.8 Å². The fourth-order valence-corrected chi connectivity index (χ4v) is 5.56. The summed E-state index contributed by atoms with van der Waals surface area (Å²) in [5.41, 5.74) is -2.13. The molecule has 0 spiro atoms. The zero-order valence-electron chi connectivity index (χ0n) is 28.7. The van der Waals surface area contributed by atoms with E-state index in [2.05, 4.69) is 4.90 Å². The number of carbonyl (C=O) groups is 5. The maximum atomic E-state index is 13.4. The van der Waals surface area contributed by atoms with Crippen LogP contribution in [0.2, 0.25) is 0 Å². The van der Waals surface area contributed by atoms with Crippen molar-refractivity contribution in [2.75, 3.05) is 59.0 Å². The van der Waals surface area contributed by atoms with E-state index in [1.807, 2.05) is 44.4 Å². The molecule has 13 heteroatoms. The number of hydrogen-bond donors (Lipinski definition) is 0. The van der Waals surface area contributed by atoms with E-state index in [1.165, 1.54) is 0 Å². The molecule has 0 aromatic heterocycles. The number of carbonyl (C=O) groups excluding carboxylic acids is 5. The molecule has 3 atom stereocenters. The molecule has 1 heterocycles. The Labute approximate surface area is 269 Å². The molecule has 0 saturated carbocycles. The quantitative estimate of drug-likeness (QED) is 0.0784. The van der Waals surface area contributed by atoms with Crippen LogP contribution in [0, 0.1) is 0 Å². The van der Waals surface area contributed by atoms with E-state index < -0.39 is 28.8 Å². The van der Waals surface area contributed by atoms with Crippen molar-refractivity contribution >= 4 is 31.4 Å². The smallest absolute Gasteiger partial charge is 0.320 e. The summed E-state index contributed by atoms with van der Waals surface area (Å²) in [6, 6.07) is 0. The predicted octanol–water partition coefficient (Wildman–Crippen LogP) is 2.57. The minimum absolute atomic E-state index is 0.0332. The summed E-state index contributed by atoms with van der Waals surface area (Å²) in [5.74, 6) is -0.799. The number of nitrogens with zero attached hydrogens (tertiary/aromatic N) is 3. The van der Waals surface area contributed by atoms with Crippen LogP contribution in [0.15, 0.2) is 0 Å². The Morgan fingerprint density at radius 2 is 1.36 bits per heavy atom. The summed E-state index contributed by atoms with van der Waals surface area (Å²) in [7, 11) is 0. The first-order valence-electron chi connectivity index (χ1n) is 16.0. The molecule has 0 amide bonds. The average Bonchev–Trinajstić information content (AvgIpc) is 3.09. The molecule has 0 radical (unpaired) electrons. The van der Waals surface area contributed by atoms with Crippen molar-refractivity contribution in [2.45, 2.75) is 116 Å². The van der Waals surface area contributed by atoms with Crippen LogP contribution in [0.4, 0.5) is 0 Å². The van der Waals surface area contributed by atoms with Crippen molar-refractivity contribution in [1.29, 1.82) is 0 Å². The van der Waals surface area contributed by atoms with E-state index in [0.717, 1.165) is 0 Å². The lowest BCUT2D eigenvalue weighted by atomic mass is 9.88. The van der Waals surface area contributed by atoms with Crippen molar-refractivity contribution in [1.82, 2.24) is 14.7 Å². The number of rotatable bonds is 21. The minimum atomic E-state index is -0.754. The van der Waals surface area contributed by atoms with Crippen molar-refractivity contribution in [3.8, 4) is 0 Å². The lowest BCUT2D eigenvalue weighted by Gasteiger charge is -2.47. The predicted molar refractivity (Wildman–Crippen MR) is 167 cm³/mol. The van der Waals surface area contributed by atoms with Crippen LogP contribution in [0.5, 0.6) is 0 Å². The van der Waals surface area contributed by atoms with E-state index in [0.29, 0.717) is 84.2 Å². The molecule has 1 aliphatic heterocycles.